The van der Waals surface area contributed by atoms with Gasteiger partial charge in [0.05, 0.1) is 19.8 Å². The van der Waals surface area contributed by atoms with E-state index in [2.05, 4.69) is 83.5 Å². The summed E-state index contributed by atoms with van der Waals surface area (Å²) >= 11 is 1.75. The fraction of sp³-hybridized carbons (Fsp3) is 0.629. The molecule has 0 radical (unpaired) electrons. The zero-order valence-electron chi connectivity index (χ0n) is 28.1. The van der Waals surface area contributed by atoms with Gasteiger partial charge in [-0.15, -0.1) is 0 Å². The Balaban J connectivity index is 0.00000205. The highest BCUT2D eigenvalue weighted by Crippen LogP contribution is 2.41. The summed E-state index contributed by atoms with van der Waals surface area (Å²) in [6.07, 6.45) is 5.47. The Morgan fingerprint density at radius 2 is 1.41 bits per heavy atom. The van der Waals surface area contributed by atoms with E-state index in [9.17, 15) is 9.90 Å². The molecule has 0 aromatic heterocycles. The molecule has 0 bridgehead atoms. The number of rotatable bonds is 11. The molecule has 0 saturated heterocycles. The Hall–Kier alpha value is -2.02. The van der Waals surface area contributed by atoms with Crippen LogP contribution in [0.2, 0.25) is 0 Å². The van der Waals surface area contributed by atoms with Crippen molar-refractivity contribution in [2.75, 3.05) is 32.8 Å². The van der Waals surface area contributed by atoms with Crippen LogP contribution in [0.4, 0.5) is 0 Å². The van der Waals surface area contributed by atoms with Crippen molar-refractivity contribution in [3.8, 4) is 5.75 Å². The number of carbonyl (C=O) groups excluding carboxylic acids is 1. The van der Waals surface area contributed by atoms with Gasteiger partial charge in [0, 0.05) is 5.41 Å². The first-order chi connectivity index (χ1) is 19.1. The van der Waals surface area contributed by atoms with Gasteiger partial charge in [0.15, 0.2) is 0 Å². The van der Waals surface area contributed by atoms with Crippen molar-refractivity contribution in [3.05, 3.63) is 64.2 Å². The zero-order valence-corrected chi connectivity index (χ0v) is 29.0. The highest BCUT2D eigenvalue weighted by Gasteiger charge is 2.31. The van der Waals surface area contributed by atoms with Crippen molar-refractivity contribution in [3.63, 3.8) is 0 Å². The molecule has 234 valence electrons. The van der Waals surface area contributed by atoms with Gasteiger partial charge < -0.3 is 19.3 Å². The molecule has 5 nitrogen and oxygen atoms in total. The minimum Gasteiger partial charge on any atom is -0.491 e. The summed E-state index contributed by atoms with van der Waals surface area (Å²) < 4.78 is 16.1. The maximum Gasteiger partial charge on any atom is 0.331 e. The number of thioether (sulfide) groups is 1. The lowest BCUT2D eigenvalue weighted by atomic mass is 9.70. The first-order valence-electron chi connectivity index (χ1n) is 14.7. The summed E-state index contributed by atoms with van der Waals surface area (Å²) in [5.74, 6) is 1.27. The van der Waals surface area contributed by atoms with E-state index in [1.807, 2.05) is 39.3 Å². The van der Waals surface area contributed by atoms with Gasteiger partial charge in [0.25, 0.3) is 0 Å². The second-order valence-corrected chi connectivity index (χ2v) is 13.1. The number of aliphatic hydroxyl groups excluding tert-OH is 1. The van der Waals surface area contributed by atoms with Crippen LogP contribution in [0.15, 0.2) is 36.4 Å². The fourth-order valence-electron chi connectivity index (χ4n) is 4.22. The lowest BCUT2D eigenvalue weighted by Crippen LogP contribution is -2.32. The maximum absolute atomic E-state index is 11.3. The van der Waals surface area contributed by atoms with Crippen molar-refractivity contribution < 1.29 is 24.1 Å². The third-order valence-electron chi connectivity index (χ3n) is 6.93. The number of hydrogen-bond donors (Lipinski definition) is 1. The second-order valence-electron chi connectivity index (χ2n) is 12.3. The number of carbonyl (C=O) groups is 1. The molecule has 0 aliphatic heterocycles. The molecule has 0 aliphatic carbocycles. The molecule has 2 aromatic carbocycles. The van der Waals surface area contributed by atoms with Crippen LogP contribution in [0.25, 0.3) is 0 Å². The molecule has 6 heteroatoms. The highest BCUT2D eigenvalue weighted by molar-refractivity contribution is 7.97. The summed E-state index contributed by atoms with van der Waals surface area (Å²) in [6, 6.07) is 12.9. The average Bonchev–Trinajstić information content (AvgIpc) is 2.89. The van der Waals surface area contributed by atoms with Gasteiger partial charge in [-0.3, -0.25) is 0 Å². The monoisotopic (exact) mass is 590 g/mol. The van der Waals surface area contributed by atoms with Crippen LogP contribution in [0.1, 0.15) is 96.0 Å². The van der Waals surface area contributed by atoms with Crippen molar-refractivity contribution in [2.45, 2.75) is 100 Å². The molecule has 2 aromatic rings. The molecule has 0 amide bonds. The molecule has 0 fully saturated rings. The van der Waals surface area contributed by atoms with Gasteiger partial charge in [-0.05, 0) is 84.4 Å². The number of aliphatic hydroxyl groups is 1. The van der Waals surface area contributed by atoms with Crippen molar-refractivity contribution in [1.82, 2.24) is 0 Å². The Morgan fingerprint density at radius 3 is 1.83 bits per heavy atom. The van der Waals surface area contributed by atoms with Gasteiger partial charge >= 0.3 is 5.97 Å². The molecule has 0 aliphatic rings. The minimum atomic E-state index is -0.532. The Labute approximate surface area is 255 Å². The summed E-state index contributed by atoms with van der Waals surface area (Å²) in [7, 11) is 1.36. The van der Waals surface area contributed by atoms with E-state index >= 15 is 0 Å². The Kier molecular flexibility index (Phi) is 18.3. The molecule has 1 N–H and O–H groups in total. The summed E-state index contributed by atoms with van der Waals surface area (Å²) in [5.41, 5.74) is 5.45. The molecule has 41 heavy (non-hydrogen) atoms. The van der Waals surface area contributed by atoms with Gasteiger partial charge in [-0.25, -0.2) is 4.79 Å². The summed E-state index contributed by atoms with van der Waals surface area (Å²) in [4.78, 5) is 11.3. The number of esters is 1. The molecule has 1 unspecified atom stereocenters. The number of benzene rings is 2. The second kappa shape index (κ2) is 19.2. The van der Waals surface area contributed by atoms with E-state index in [0.29, 0.717) is 6.61 Å². The topological polar surface area (TPSA) is 65.0 Å². The summed E-state index contributed by atoms with van der Waals surface area (Å²) in [6.45, 7) is 21.7. The fourth-order valence-corrected chi connectivity index (χ4v) is 4.22. The highest BCUT2D eigenvalue weighted by atomic mass is 32.2. The van der Waals surface area contributed by atoms with E-state index < -0.39 is 6.10 Å². The van der Waals surface area contributed by atoms with Crippen molar-refractivity contribution >= 4 is 17.7 Å². The van der Waals surface area contributed by atoms with E-state index in [1.165, 1.54) is 18.2 Å². The van der Waals surface area contributed by atoms with Crippen LogP contribution in [0.5, 0.6) is 5.75 Å². The SMILES string of the molecule is CC(C)C.CCC(CC)(c1ccc(COCC(=O)OC)c(C)c1)c1ccc(OCC(O)C(C)(C)C)c(C)c1.CSC. The van der Waals surface area contributed by atoms with Gasteiger partial charge in [-0.1, -0.05) is 85.7 Å². The van der Waals surface area contributed by atoms with Crippen LogP contribution in [0, 0.1) is 25.2 Å². The molecule has 0 heterocycles. The van der Waals surface area contributed by atoms with Crippen molar-refractivity contribution in [2.24, 2.45) is 11.3 Å². The first kappa shape index (κ1) is 39.0. The normalized spacial score (nSPS) is 12.1. The van der Waals surface area contributed by atoms with Crippen LogP contribution < -0.4 is 4.74 Å². The predicted octanol–water partition coefficient (Wildman–Crippen LogP) is 8.53. The van der Waals surface area contributed by atoms with Crippen LogP contribution in [-0.4, -0.2) is 50.0 Å². The Morgan fingerprint density at radius 1 is 0.927 bits per heavy atom. The molecule has 0 spiro atoms. The summed E-state index contributed by atoms with van der Waals surface area (Å²) in [5, 5.41) is 10.3. The van der Waals surface area contributed by atoms with E-state index in [-0.39, 0.29) is 30.0 Å². The first-order valence-corrected chi connectivity index (χ1v) is 16.3. The van der Waals surface area contributed by atoms with Crippen molar-refractivity contribution in [1.29, 1.82) is 0 Å². The number of hydrogen-bond acceptors (Lipinski definition) is 6. The smallest absolute Gasteiger partial charge is 0.331 e. The molecule has 1 atom stereocenters. The number of ether oxygens (including phenoxy) is 3. The lowest BCUT2D eigenvalue weighted by molar-refractivity contribution is -0.146. The number of aryl methyl sites for hydroxylation is 2. The van der Waals surface area contributed by atoms with Gasteiger partial charge in [0.1, 0.15) is 19.0 Å². The third kappa shape index (κ3) is 13.2. The predicted molar refractivity (Wildman–Crippen MR) is 176 cm³/mol. The van der Waals surface area contributed by atoms with E-state index in [4.69, 9.17) is 9.47 Å². The molecular weight excluding hydrogens is 532 g/mol. The largest absolute Gasteiger partial charge is 0.491 e. The van der Waals surface area contributed by atoms with E-state index in [1.54, 1.807) is 11.8 Å². The minimum absolute atomic E-state index is 0.0496. The van der Waals surface area contributed by atoms with Crippen LogP contribution in [-0.2, 0) is 26.3 Å². The average molecular weight is 591 g/mol. The standard InChI is InChI=1S/C29H42O5.C4H10.C2H6S/c1-9-29(10-2,23-12-11-22(20(3)15-23)17-33-19-27(31)32-8)24-13-14-25(21(4)16-24)34-18-26(30)28(5,6)7;1-4(2)3;1-3-2/h11-16,26,30H,9-10,17-19H2,1-8H3;4H,1-3H3;1-2H3. The lowest BCUT2D eigenvalue weighted by Gasteiger charge is -2.34. The van der Waals surface area contributed by atoms with Crippen LogP contribution >= 0.6 is 11.8 Å². The molecular formula is C35H58O5S. The van der Waals surface area contributed by atoms with Crippen LogP contribution in [0.3, 0.4) is 0 Å². The third-order valence-corrected chi connectivity index (χ3v) is 6.93. The zero-order chi connectivity index (χ0) is 31.8. The van der Waals surface area contributed by atoms with E-state index in [0.717, 1.165) is 41.2 Å². The molecule has 2 rings (SSSR count). The van der Waals surface area contributed by atoms with Gasteiger partial charge in [-0.2, -0.15) is 11.8 Å². The van der Waals surface area contributed by atoms with Gasteiger partial charge in [0.2, 0.25) is 0 Å². The Bertz CT molecular complexity index is 1020. The number of methoxy groups -OCH3 is 1. The molecule has 0 saturated carbocycles. The quantitative estimate of drug-likeness (QED) is 0.265. The maximum atomic E-state index is 11.3.